The van der Waals surface area contributed by atoms with Crippen molar-refractivity contribution < 1.29 is 12.6 Å². The van der Waals surface area contributed by atoms with Crippen molar-refractivity contribution in [3.8, 4) is 5.88 Å². The van der Waals surface area contributed by atoms with Gasteiger partial charge in [0.15, 0.2) is 0 Å². The molecule has 0 unspecified atom stereocenters. The number of hydrogen-bond acceptors (Lipinski definition) is 6. The van der Waals surface area contributed by atoms with Crippen LogP contribution in [0.15, 0.2) is 69.3 Å². The standard InChI is InChI=1S/C16H10Cl2N4O3S/c17-10-4-3-7-13(15(10)18)26(23,24)25-14-8-9-22(21-14)16-19-11-5-1-2-6-12(11)20-16/h1,3-9H,2H2. The molecule has 26 heavy (non-hydrogen) atoms. The second kappa shape index (κ2) is 6.39. The van der Waals surface area contributed by atoms with Gasteiger partial charge in [-0.05, 0) is 24.6 Å². The molecule has 0 saturated heterocycles. The van der Waals surface area contributed by atoms with Crippen LogP contribution < -0.4 is 4.18 Å². The molecule has 2 heterocycles. The molecular formula is C16H10Cl2N4O3S. The monoisotopic (exact) mass is 408 g/mol. The van der Waals surface area contributed by atoms with Crippen molar-refractivity contribution >= 4 is 45.0 Å². The maximum atomic E-state index is 12.4. The van der Waals surface area contributed by atoms with E-state index in [1.54, 1.807) is 0 Å². The molecule has 1 aliphatic heterocycles. The first kappa shape index (κ1) is 17.0. The maximum absolute atomic E-state index is 12.4. The van der Waals surface area contributed by atoms with Gasteiger partial charge in [-0.1, -0.05) is 41.4 Å². The van der Waals surface area contributed by atoms with Gasteiger partial charge < -0.3 is 4.18 Å². The van der Waals surface area contributed by atoms with Crippen LogP contribution in [-0.4, -0.2) is 29.9 Å². The van der Waals surface area contributed by atoms with Gasteiger partial charge in [0.05, 0.1) is 21.5 Å². The molecule has 1 aromatic carbocycles. The number of rotatable bonds is 3. The summed E-state index contributed by atoms with van der Waals surface area (Å²) in [6, 6.07) is 5.65. The Morgan fingerprint density at radius 1 is 1.15 bits per heavy atom. The molecule has 2 aliphatic rings. The number of nitrogens with zero attached hydrogens (tertiary/aromatic N) is 4. The van der Waals surface area contributed by atoms with Crippen LogP contribution in [0.1, 0.15) is 6.42 Å². The summed E-state index contributed by atoms with van der Waals surface area (Å²) >= 11 is 11.8. The van der Waals surface area contributed by atoms with Crippen molar-refractivity contribution in [3.63, 3.8) is 0 Å². The first-order chi connectivity index (χ1) is 12.4. The summed E-state index contributed by atoms with van der Waals surface area (Å²) in [6.45, 7) is 0. The van der Waals surface area contributed by atoms with Crippen molar-refractivity contribution in [1.82, 2.24) is 9.78 Å². The normalized spacial score (nSPS) is 16.0. The number of benzene rings is 1. The van der Waals surface area contributed by atoms with E-state index in [0.29, 0.717) is 5.96 Å². The lowest BCUT2D eigenvalue weighted by atomic mass is 10.1. The third-order valence-corrected chi connectivity index (χ3v) is 5.78. The van der Waals surface area contributed by atoms with Crippen molar-refractivity contribution in [1.29, 1.82) is 0 Å². The molecule has 1 aliphatic carbocycles. The molecule has 0 amide bonds. The summed E-state index contributed by atoms with van der Waals surface area (Å²) in [4.78, 5) is 8.46. The molecule has 0 N–H and O–H groups in total. The topological polar surface area (TPSA) is 85.9 Å². The Bertz CT molecular complexity index is 1130. The lowest BCUT2D eigenvalue weighted by Crippen LogP contribution is -2.12. The van der Waals surface area contributed by atoms with E-state index in [4.69, 9.17) is 27.4 Å². The van der Waals surface area contributed by atoms with Crippen LogP contribution >= 0.6 is 23.2 Å². The fraction of sp³-hybridized carbons (Fsp3) is 0.0625. The fourth-order valence-electron chi connectivity index (χ4n) is 2.39. The minimum atomic E-state index is -4.19. The van der Waals surface area contributed by atoms with Crippen molar-refractivity contribution in [2.75, 3.05) is 0 Å². The molecule has 0 radical (unpaired) electrons. The highest BCUT2D eigenvalue weighted by Crippen LogP contribution is 2.30. The number of aliphatic imine (C=N–C) groups is 2. The molecule has 1 aromatic heterocycles. The summed E-state index contributed by atoms with van der Waals surface area (Å²) < 4.78 is 31.2. The summed E-state index contributed by atoms with van der Waals surface area (Å²) in [5, 5.41) is 4.07. The maximum Gasteiger partial charge on any atom is 0.342 e. The second-order valence-corrected chi connectivity index (χ2v) is 7.62. The summed E-state index contributed by atoms with van der Waals surface area (Å²) in [5.74, 6) is 0.189. The molecular weight excluding hydrogens is 399 g/mol. The van der Waals surface area contributed by atoms with E-state index in [9.17, 15) is 8.42 Å². The highest BCUT2D eigenvalue weighted by Gasteiger charge is 2.24. The number of fused-ring (bicyclic) bond motifs is 1. The van der Waals surface area contributed by atoms with Crippen LogP contribution in [0.25, 0.3) is 0 Å². The van der Waals surface area contributed by atoms with Gasteiger partial charge >= 0.3 is 10.1 Å². The molecule has 0 saturated carbocycles. The highest BCUT2D eigenvalue weighted by molar-refractivity contribution is 7.87. The van der Waals surface area contributed by atoms with Crippen LogP contribution in [0, 0.1) is 0 Å². The predicted octanol–water partition coefficient (Wildman–Crippen LogP) is 3.46. The van der Waals surface area contributed by atoms with Gasteiger partial charge in [0.1, 0.15) is 4.90 Å². The Kier molecular flexibility index (Phi) is 4.18. The summed E-state index contributed by atoms with van der Waals surface area (Å²) in [6.07, 6.45) is 8.09. The smallest absolute Gasteiger partial charge is 0.342 e. The average Bonchev–Trinajstić information content (AvgIpc) is 3.23. The van der Waals surface area contributed by atoms with E-state index in [0.717, 1.165) is 17.8 Å². The summed E-state index contributed by atoms with van der Waals surface area (Å²) in [7, 11) is -4.19. The molecule has 4 rings (SSSR count). The molecule has 0 fully saturated rings. The van der Waals surface area contributed by atoms with Gasteiger partial charge in [0, 0.05) is 12.3 Å². The molecule has 0 atom stereocenters. The average molecular weight is 409 g/mol. The molecule has 7 nitrogen and oxygen atoms in total. The van der Waals surface area contributed by atoms with E-state index in [1.807, 2.05) is 18.2 Å². The van der Waals surface area contributed by atoms with Gasteiger partial charge in [0.25, 0.3) is 11.8 Å². The number of aromatic nitrogens is 2. The zero-order valence-corrected chi connectivity index (χ0v) is 15.3. The fourth-order valence-corrected chi connectivity index (χ4v) is 4.01. The Balaban J connectivity index is 1.61. The number of allylic oxidation sites excluding steroid dienone is 3. The SMILES string of the molecule is O=S(=O)(Oc1ccn(C2=NC3=CCC=CC3=N2)n1)c1cccc(Cl)c1Cl. The van der Waals surface area contributed by atoms with Crippen LogP contribution in [0.2, 0.25) is 10.0 Å². The first-order valence-corrected chi connectivity index (χ1v) is 9.59. The van der Waals surface area contributed by atoms with E-state index in [-0.39, 0.29) is 20.8 Å². The zero-order chi connectivity index (χ0) is 18.3. The Morgan fingerprint density at radius 3 is 2.81 bits per heavy atom. The van der Waals surface area contributed by atoms with Crippen LogP contribution in [0.3, 0.4) is 0 Å². The van der Waals surface area contributed by atoms with Gasteiger partial charge in [-0.3, -0.25) is 0 Å². The van der Waals surface area contributed by atoms with Crippen LogP contribution in [-0.2, 0) is 10.1 Å². The van der Waals surface area contributed by atoms with Crippen molar-refractivity contribution in [2.45, 2.75) is 11.3 Å². The molecule has 10 heteroatoms. The third kappa shape index (κ3) is 3.07. The van der Waals surface area contributed by atoms with Crippen molar-refractivity contribution in [2.24, 2.45) is 9.98 Å². The predicted molar refractivity (Wildman–Crippen MR) is 98.6 cm³/mol. The Labute approximate surface area is 159 Å². The van der Waals surface area contributed by atoms with Gasteiger partial charge in [0.2, 0.25) is 0 Å². The molecule has 132 valence electrons. The van der Waals surface area contributed by atoms with Gasteiger partial charge in [-0.25, -0.2) is 14.7 Å². The van der Waals surface area contributed by atoms with Gasteiger partial charge in [-0.15, -0.1) is 5.10 Å². The van der Waals surface area contributed by atoms with Gasteiger partial charge in [-0.2, -0.15) is 8.42 Å². The van der Waals surface area contributed by atoms with Crippen LogP contribution in [0.4, 0.5) is 0 Å². The van der Waals surface area contributed by atoms with E-state index in [2.05, 4.69) is 15.1 Å². The van der Waals surface area contributed by atoms with E-state index < -0.39 is 10.1 Å². The minimum Gasteiger partial charge on any atom is -0.356 e. The number of hydrogen-bond donors (Lipinski definition) is 0. The van der Waals surface area contributed by atoms with Crippen LogP contribution in [0.5, 0.6) is 5.88 Å². The van der Waals surface area contributed by atoms with E-state index in [1.165, 1.54) is 35.1 Å². The van der Waals surface area contributed by atoms with E-state index >= 15 is 0 Å². The minimum absolute atomic E-state index is 0.108. The molecule has 2 aromatic rings. The van der Waals surface area contributed by atoms with Crippen molar-refractivity contribution in [3.05, 3.63) is 64.4 Å². The lowest BCUT2D eigenvalue weighted by Gasteiger charge is -2.06. The molecule has 0 bridgehead atoms. The Morgan fingerprint density at radius 2 is 2.00 bits per heavy atom. The third-order valence-electron chi connectivity index (χ3n) is 3.58. The lowest BCUT2D eigenvalue weighted by molar-refractivity contribution is 0.473. The zero-order valence-electron chi connectivity index (χ0n) is 13.0. The first-order valence-electron chi connectivity index (χ1n) is 7.43. The quantitative estimate of drug-likeness (QED) is 0.727. The second-order valence-electron chi connectivity index (χ2n) is 5.32. The summed E-state index contributed by atoms with van der Waals surface area (Å²) in [5.41, 5.74) is 1.50. The molecule has 0 spiro atoms. The number of halogens is 2. The largest absolute Gasteiger partial charge is 0.356 e. The Hall–Kier alpha value is -2.42. The highest BCUT2D eigenvalue weighted by atomic mass is 35.5.